The van der Waals surface area contributed by atoms with Gasteiger partial charge in [-0.25, -0.2) is 14.5 Å². The molecule has 44 heavy (non-hydrogen) atoms. The summed E-state index contributed by atoms with van der Waals surface area (Å²) in [6, 6.07) is 14.7. The number of ether oxygens (including phenoxy) is 2. The molecule has 12 nitrogen and oxygen atoms in total. The van der Waals surface area contributed by atoms with E-state index in [0.29, 0.717) is 34.4 Å². The third kappa shape index (κ3) is 7.75. The number of rotatable bonds is 13. The predicted octanol–water partition coefficient (Wildman–Crippen LogP) is 5.53. The van der Waals surface area contributed by atoms with E-state index < -0.39 is 37.7 Å². The molecule has 3 atom stereocenters. The number of anilines is 1. The van der Waals surface area contributed by atoms with Gasteiger partial charge in [-0.15, -0.1) is 0 Å². The number of hydrogen-bond donors (Lipinski definition) is 3. The fourth-order valence-electron chi connectivity index (χ4n) is 4.65. The van der Waals surface area contributed by atoms with Crippen LogP contribution >= 0.6 is 7.75 Å². The highest BCUT2D eigenvalue weighted by molar-refractivity contribution is 7.52. The van der Waals surface area contributed by atoms with Crippen LogP contribution < -0.4 is 15.3 Å². The number of aliphatic hydroxyl groups is 1. The number of benzene rings is 2. The van der Waals surface area contributed by atoms with Gasteiger partial charge in [0.15, 0.2) is 11.5 Å². The van der Waals surface area contributed by atoms with Gasteiger partial charge in [-0.05, 0) is 58.7 Å². The standard InChI is InChI=1S/C31H42N5O7P/c1-8-40-18-24-34-26-27(22-16-12-13-17-23(22)33-28(26)32)36(24)31(7,38)19-41-44(39,43-21-14-10-9-11-15-21)35-25(20(2)3)29(37)42-30(4,5)6/h9-17,20,25,38H,8,18-19H2,1-7H3,(H2,32,33)(H,35,39)/t25-,31?,44?/m0/s1. The number of hydrogen-bond acceptors (Lipinski definition) is 10. The van der Waals surface area contributed by atoms with Crippen LogP contribution in [0, 0.1) is 5.92 Å². The zero-order chi connectivity index (χ0) is 32.3. The fourth-order valence-corrected chi connectivity index (χ4v) is 6.39. The van der Waals surface area contributed by atoms with E-state index in [-0.39, 0.29) is 24.1 Å². The Morgan fingerprint density at radius 3 is 2.36 bits per heavy atom. The van der Waals surface area contributed by atoms with Crippen molar-refractivity contribution in [2.75, 3.05) is 18.9 Å². The lowest BCUT2D eigenvalue weighted by atomic mass is 10.1. The van der Waals surface area contributed by atoms with Crippen LogP contribution in [0.4, 0.5) is 5.82 Å². The Hall–Kier alpha value is -3.54. The first-order chi connectivity index (χ1) is 20.6. The minimum Gasteiger partial charge on any atom is -0.459 e. The summed E-state index contributed by atoms with van der Waals surface area (Å²) in [6.45, 7) is 12.1. The number of fused-ring (bicyclic) bond motifs is 3. The Morgan fingerprint density at radius 1 is 1.07 bits per heavy atom. The van der Waals surface area contributed by atoms with E-state index in [1.807, 2.05) is 31.2 Å². The van der Waals surface area contributed by atoms with E-state index in [4.69, 9.17) is 24.3 Å². The molecule has 2 heterocycles. The Bertz CT molecular complexity index is 1650. The topological polar surface area (TPSA) is 160 Å². The van der Waals surface area contributed by atoms with E-state index in [9.17, 15) is 14.5 Å². The second-order valence-corrected chi connectivity index (χ2v) is 13.7. The van der Waals surface area contributed by atoms with E-state index in [2.05, 4.69) is 15.1 Å². The number of esters is 1. The Morgan fingerprint density at radius 2 is 1.73 bits per heavy atom. The summed E-state index contributed by atoms with van der Waals surface area (Å²) in [4.78, 5) is 22.3. The van der Waals surface area contributed by atoms with Crippen LogP contribution in [0.15, 0.2) is 54.6 Å². The lowest BCUT2D eigenvalue weighted by Crippen LogP contribution is -2.45. The zero-order valence-electron chi connectivity index (χ0n) is 26.2. The summed E-state index contributed by atoms with van der Waals surface area (Å²) in [5.41, 5.74) is 5.17. The maximum atomic E-state index is 14.4. The van der Waals surface area contributed by atoms with Gasteiger partial charge in [-0.1, -0.05) is 50.2 Å². The molecule has 0 aliphatic heterocycles. The van der Waals surface area contributed by atoms with Crippen molar-refractivity contribution in [3.05, 3.63) is 60.4 Å². The summed E-state index contributed by atoms with van der Waals surface area (Å²) < 4.78 is 39.1. The van der Waals surface area contributed by atoms with Crippen LogP contribution in [0.3, 0.4) is 0 Å². The molecular formula is C31H42N5O7P. The van der Waals surface area contributed by atoms with E-state index in [1.165, 1.54) is 6.92 Å². The molecular weight excluding hydrogens is 585 g/mol. The van der Waals surface area contributed by atoms with Crippen molar-refractivity contribution in [1.82, 2.24) is 19.6 Å². The van der Waals surface area contributed by atoms with E-state index >= 15 is 0 Å². The second kappa shape index (κ2) is 13.2. The predicted molar refractivity (Wildman–Crippen MR) is 169 cm³/mol. The Balaban J connectivity index is 1.76. The molecule has 0 fully saturated rings. The van der Waals surface area contributed by atoms with Gasteiger partial charge in [0.2, 0.25) is 0 Å². The van der Waals surface area contributed by atoms with Crippen LogP contribution in [-0.4, -0.2) is 50.5 Å². The number of carbonyl (C=O) groups is 1. The molecule has 238 valence electrons. The van der Waals surface area contributed by atoms with Crippen molar-refractivity contribution in [3.63, 3.8) is 0 Å². The molecule has 0 saturated heterocycles. The molecule has 2 aromatic carbocycles. The molecule has 4 rings (SSSR count). The van der Waals surface area contributed by atoms with Crippen LogP contribution in [0.2, 0.25) is 0 Å². The first kappa shape index (κ1) is 33.4. The number of imidazole rings is 1. The minimum atomic E-state index is -4.34. The highest BCUT2D eigenvalue weighted by Gasteiger charge is 2.40. The molecule has 0 aliphatic rings. The Labute approximate surface area is 257 Å². The average Bonchev–Trinajstić information content (AvgIpc) is 3.35. The fraction of sp³-hybridized carbons (Fsp3) is 0.452. The zero-order valence-corrected chi connectivity index (χ0v) is 27.1. The van der Waals surface area contributed by atoms with E-state index in [0.717, 1.165) is 0 Å². The van der Waals surface area contributed by atoms with Crippen molar-refractivity contribution in [1.29, 1.82) is 0 Å². The smallest absolute Gasteiger partial charge is 0.459 e. The minimum absolute atomic E-state index is 0.0551. The molecule has 4 aromatic rings. The van der Waals surface area contributed by atoms with Crippen molar-refractivity contribution in [2.24, 2.45) is 5.92 Å². The summed E-state index contributed by atoms with van der Waals surface area (Å²) in [7, 11) is -4.34. The van der Waals surface area contributed by atoms with E-state index in [1.54, 1.807) is 69.5 Å². The van der Waals surface area contributed by atoms with Crippen molar-refractivity contribution >= 4 is 41.5 Å². The maximum Gasteiger partial charge on any atom is 0.459 e. The van der Waals surface area contributed by atoms with Crippen molar-refractivity contribution < 1.29 is 33.0 Å². The molecule has 2 unspecified atom stereocenters. The quantitative estimate of drug-likeness (QED) is 0.126. The molecule has 0 spiro atoms. The molecule has 0 saturated carbocycles. The number of aromatic nitrogens is 3. The number of pyridine rings is 1. The van der Waals surface area contributed by atoms with Crippen molar-refractivity contribution in [2.45, 2.75) is 72.4 Å². The van der Waals surface area contributed by atoms with Gasteiger partial charge in [0.25, 0.3) is 0 Å². The lowest BCUT2D eigenvalue weighted by molar-refractivity contribution is -0.158. The molecule has 0 radical (unpaired) electrons. The second-order valence-electron chi connectivity index (χ2n) is 12.0. The van der Waals surface area contributed by atoms with Gasteiger partial charge in [0.05, 0.1) is 11.0 Å². The first-order valence-electron chi connectivity index (χ1n) is 14.5. The number of nitrogens with two attached hydrogens (primary N) is 1. The molecule has 0 amide bonds. The third-order valence-electron chi connectivity index (χ3n) is 6.61. The van der Waals surface area contributed by atoms with Gasteiger partial charge in [-0.2, -0.15) is 5.09 Å². The van der Waals surface area contributed by atoms with Gasteiger partial charge in [-0.3, -0.25) is 13.9 Å². The summed E-state index contributed by atoms with van der Waals surface area (Å²) in [5, 5.41) is 15.5. The van der Waals surface area contributed by atoms with Crippen LogP contribution in [0.5, 0.6) is 5.75 Å². The SMILES string of the molecule is CCOCc1nc2c(N)nc3ccccc3c2n1C(C)(O)COP(=O)(N[C@H](C(=O)OC(C)(C)C)C(C)C)Oc1ccccc1. The number of nitrogens with one attached hydrogen (secondary N) is 1. The van der Waals surface area contributed by atoms with Gasteiger partial charge < -0.3 is 24.8 Å². The number of carbonyl (C=O) groups excluding carboxylic acids is 1. The number of nitrogens with zero attached hydrogens (tertiary/aromatic N) is 3. The molecule has 2 aromatic heterocycles. The third-order valence-corrected chi connectivity index (χ3v) is 8.12. The van der Waals surface area contributed by atoms with Crippen molar-refractivity contribution in [3.8, 4) is 5.75 Å². The normalized spacial score (nSPS) is 15.7. The van der Waals surface area contributed by atoms with Gasteiger partial charge in [0, 0.05) is 12.0 Å². The maximum absolute atomic E-state index is 14.4. The highest BCUT2D eigenvalue weighted by Crippen LogP contribution is 2.47. The largest absolute Gasteiger partial charge is 0.459 e. The van der Waals surface area contributed by atoms with Crippen LogP contribution in [-0.2, 0) is 35.7 Å². The van der Waals surface area contributed by atoms with Crippen LogP contribution in [0.1, 0.15) is 54.3 Å². The molecule has 0 bridgehead atoms. The lowest BCUT2D eigenvalue weighted by Gasteiger charge is -2.32. The number of nitrogen functional groups attached to an aromatic ring is 1. The average molecular weight is 628 g/mol. The number of para-hydroxylation sites is 2. The Kier molecular flexibility index (Phi) is 10.0. The summed E-state index contributed by atoms with van der Waals surface area (Å²) in [6.07, 6.45) is 0. The summed E-state index contributed by atoms with van der Waals surface area (Å²) >= 11 is 0. The first-order valence-corrected chi connectivity index (χ1v) is 16.0. The molecule has 0 aliphatic carbocycles. The highest BCUT2D eigenvalue weighted by atomic mass is 31.2. The summed E-state index contributed by atoms with van der Waals surface area (Å²) in [5.74, 6) is -0.179. The van der Waals surface area contributed by atoms with Gasteiger partial charge >= 0.3 is 13.7 Å². The molecule has 4 N–H and O–H groups in total. The van der Waals surface area contributed by atoms with Crippen LogP contribution in [0.25, 0.3) is 21.9 Å². The monoisotopic (exact) mass is 627 g/mol. The molecule has 13 heteroatoms. The van der Waals surface area contributed by atoms with Gasteiger partial charge in [0.1, 0.15) is 41.9 Å².